The fourth-order valence-electron chi connectivity index (χ4n) is 2.94. The number of likely N-dealkylation sites (tertiary alicyclic amines) is 1. The van der Waals surface area contributed by atoms with Gasteiger partial charge in [0.1, 0.15) is 5.75 Å². The SMILES string of the molecule is C/C(=N/NC(=O)COc1ccccc1F)c1ccc(OCC(=O)N2CCCC2)cc1. The number of carbonyl (C=O) groups is 2. The number of halogens is 1. The molecule has 0 saturated carbocycles. The van der Waals surface area contributed by atoms with Crippen molar-refractivity contribution in [3.05, 3.63) is 59.9 Å². The number of nitrogens with zero attached hydrogens (tertiary/aromatic N) is 2. The van der Waals surface area contributed by atoms with Crippen molar-refractivity contribution in [2.45, 2.75) is 19.8 Å². The zero-order valence-corrected chi connectivity index (χ0v) is 16.8. The number of carbonyl (C=O) groups excluding carboxylic acids is 2. The summed E-state index contributed by atoms with van der Waals surface area (Å²) in [5.74, 6) is -0.449. The summed E-state index contributed by atoms with van der Waals surface area (Å²) in [6.45, 7) is 3.01. The number of para-hydroxylation sites is 1. The summed E-state index contributed by atoms with van der Waals surface area (Å²) < 4.78 is 24.2. The predicted octanol–water partition coefficient (Wildman–Crippen LogP) is 2.75. The van der Waals surface area contributed by atoms with Gasteiger partial charge in [-0.1, -0.05) is 12.1 Å². The van der Waals surface area contributed by atoms with Gasteiger partial charge in [-0.05, 0) is 61.7 Å². The summed E-state index contributed by atoms with van der Waals surface area (Å²) in [5.41, 5.74) is 3.74. The van der Waals surface area contributed by atoms with E-state index < -0.39 is 11.7 Å². The van der Waals surface area contributed by atoms with Gasteiger partial charge < -0.3 is 14.4 Å². The second-order valence-electron chi connectivity index (χ2n) is 6.85. The van der Waals surface area contributed by atoms with Crippen LogP contribution in [0.15, 0.2) is 53.6 Å². The van der Waals surface area contributed by atoms with Gasteiger partial charge in [-0.15, -0.1) is 0 Å². The smallest absolute Gasteiger partial charge is 0.277 e. The van der Waals surface area contributed by atoms with Crippen molar-refractivity contribution in [1.82, 2.24) is 10.3 Å². The Hall–Kier alpha value is -3.42. The molecule has 0 spiro atoms. The third kappa shape index (κ3) is 6.04. The van der Waals surface area contributed by atoms with Crippen LogP contribution in [0.1, 0.15) is 25.3 Å². The van der Waals surface area contributed by atoms with E-state index in [0.717, 1.165) is 31.5 Å². The molecular formula is C22H24FN3O4. The lowest BCUT2D eigenvalue weighted by atomic mass is 10.1. The Balaban J connectivity index is 1.45. The molecular weight excluding hydrogens is 389 g/mol. The van der Waals surface area contributed by atoms with Crippen LogP contribution >= 0.6 is 0 Å². The summed E-state index contributed by atoms with van der Waals surface area (Å²) in [4.78, 5) is 25.7. The predicted molar refractivity (Wildman–Crippen MR) is 110 cm³/mol. The second-order valence-corrected chi connectivity index (χ2v) is 6.85. The van der Waals surface area contributed by atoms with Crippen LogP contribution in [0.3, 0.4) is 0 Å². The van der Waals surface area contributed by atoms with Crippen LogP contribution in [0.25, 0.3) is 0 Å². The fourth-order valence-corrected chi connectivity index (χ4v) is 2.94. The van der Waals surface area contributed by atoms with Crippen LogP contribution in [-0.4, -0.2) is 48.7 Å². The van der Waals surface area contributed by atoms with E-state index in [1.807, 2.05) is 4.90 Å². The molecule has 0 aliphatic carbocycles. The normalized spacial score (nSPS) is 13.8. The van der Waals surface area contributed by atoms with E-state index in [9.17, 15) is 14.0 Å². The van der Waals surface area contributed by atoms with Gasteiger partial charge >= 0.3 is 0 Å². The van der Waals surface area contributed by atoms with E-state index in [0.29, 0.717) is 11.5 Å². The van der Waals surface area contributed by atoms with E-state index >= 15 is 0 Å². The Kier molecular flexibility index (Phi) is 7.37. The first-order valence-electron chi connectivity index (χ1n) is 9.74. The maximum Gasteiger partial charge on any atom is 0.277 e. The summed E-state index contributed by atoms with van der Waals surface area (Å²) >= 11 is 0. The monoisotopic (exact) mass is 413 g/mol. The topological polar surface area (TPSA) is 80.2 Å². The minimum Gasteiger partial charge on any atom is -0.484 e. The molecule has 1 heterocycles. The first kappa shape index (κ1) is 21.3. The maximum atomic E-state index is 13.5. The highest BCUT2D eigenvalue weighted by molar-refractivity contribution is 5.99. The van der Waals surface area contributed by atoms with Gasteiger partial charge in [0.05, 0.1) is 5.71 Å². The molecule has 1 N–H and O–H groups in total. The molecule has 8 heteroatoms. The fraction of sp³-hybridized carbons (Fsp3) is 0.318. The number of hydrazone groups is 1. The lowest BCUT2D eigenvalue weighted by molar-refractivity contribution is -0.132. The average Bonchev–Trinajstić information content (AvgIpc) is 3.31. The van der Waals surface area contributed by atoms with Gasteiger partial charge in [0, 0.05) is 13.1 Å². The van der Waals surface area contributed by atoms with Crippen molar-refractivity contribution in [3.63, 3.8) is 0 Å². The van der Waals surface area contributed by atoms with Crippen molar-refractivity contribution in [2.75, 3.05) is 26.3 Å². The van der Waals surface area contributed by atoms with E-state index in [2.05, 4.69) is 10.5 Å². The second kappa shape index (κ2) is 10.4. The largest absolute Gasteiger partial charge is 0.484 e. The van der Waals surface area contributed by atoms with Gasteiger partial charge in [0.15, 0.2) is 24.8 Å². The minimum atomic E-state index is -0.533. The van der Waals surface area contributed by atoms with Crippen molar-refractivity contribution in [1.29, 1.82) is 0 Å². The quantitative estimate of drug-likeness (QED) is 0.533. The van der Waals surface area contributed by atoms with Gasteiger partial charge in [0.25, 0.3) is 11.8 Å². The molecule has 1 fully saturated rings. The molecule has 1 saturated heterocycles. The molecule has 1 aliphatic heterocycles. The minimum absolute atomic E-state index is 0.00497. The van der Waals surface area contributed by atoms with Gasteiger partial charge in [-0.25, -0.2) is 9.82 Å². The summed E-state index contributed by atoms with van der Waals surface area (Å²) in [5, 5.41) is 4.03. The molecule has 0 atom stereocenters. The molecule has 7 nitrogen and oxygen atoms in total. The number of nitrogens with one attached hydrogen (secondary N) is 1. The van der Waals surface area contributed by atoms with Crippen molar-refractivity contribution in [2.24, 2.45) is 5.10 Å². The van der Waals surface area contributed by atoms with Crippen molar-refractivity contribution >= 4 is 17.5 Å². The zero-order chi connectivity index (χ0) is 21.3. The molecule has 0 radical (unpaired) electrons. The Labute approximate surface area is 174 Å². The maximum absolute atomic E-state index is 13.5. The van der Waals surface area contributed by atoms with Gasteiger partial charge in [0.2, 0.25) is 0 Å². The third-order valence-corrected chi connectivity index (χ3v) is 4.64. The molecule has 2 amide bonds. The van der Waals surface area contributed by atoms with E-state index in [4.69, 9.17) is 9.47 Å². The lowest BCUT2D eigenvalue weighted by Crippen LogP contribution is -2.32. The highest BCUT2D eigenvalue weighted by Gasteiger charge is 2.18. The standard InChI is InChI=1S/C22H24FN3O4/c1-16(24-25-21(27)14-30-20-7-3-2-6-19(20)23)17-8-10-18(11-9-17)29-15-22(28)26-12-4-5-13-26/h2-3,6-11H,4-5,12-15H2,1H3,(H,25,27)/b24-16-. The summed E-state index contributed by atoms with van der Waals surface area (Å²) in [6.07, 6.45) is 2.09. The number of hydrogen-bond donors (Lipinski definition) is 1. The third-order valence-electron chi connectivity index (χ3n) is 4.64. The molecule has 0 bridgehead atoms. The van der Waals surface area contributed by atoms with Crippen LogP contribution < -0.4 is 14.9 Å². The van der Waals surface area contributed by atoms with Crippen LogP contribution in [0.2, 0.25) is 0 Å². The van der Waals surface area contributed by atoms with Crippen LogP contribution in [0, 0.1) is 5.82 Å². The first-order valence-corrected chi connectivity index (χ1v) is 9.74. The number of amides is 2. The summed E-state index contributed by atoms with van der Waals surface area (Å²) in [7, 11) is 0. The highest BCUT2D eigenvalue weighted by atomic mass is 19.1. The Bertz CT molecular complexity index is 909. The molecule has 2 aromatic rings. The van der Waals surface area contributed by atoms with Crippen LogP contribution in [-0.2, 0) is 9.59 Å². The van der Waals surface area contributed by atoms with E-state index in [1.165, 1.54) is 18.2 Å². The molecule has 0 unspecified atom stereocenters. The number of ether oxygens (including phenoxy) is 2. The Morgan fingerprint density at radius 2 is 1.73 bits per heavy atom. The van der Waals surface area contributed by atoms with Crippen molar-refractivity contribution < 1.29 is 23.5 Å². The zero-order valence-electron chi connectivity index (χ0n) is 16.8. The summed E-state index contributed by atoms with van der Waals surface area (Å²) in [6, 6.07) is 12.9. The molecule has 1 aliphatic rings. The van der Waals surface area contributed by atoms with Gasteiger partial charge in [-0.2, -0.15) is 5.10 Å². The van der Waals surface area contributed by atoms with Crippen LogP contribution in [0.5, 0.6) is 11.5 Å². The van der Waals surface area contributed by atoms with E-state index in [-0.39, 0.29) is 24.9 Å². The van der Waals surface area contributed by atoms with Gasteiger partial charge in [-0.3, -0.25) is 9.59 Å². The Morgan fingerprint density at radius 3 is 2.43 bits per heavy atom. The molecule has 3 rings (SSSR count). The van der Waals surface area contributed by atoms with Crippen molar-refractivity contribution in [3.8, 4) is 11.5 Å². The number of hydrogen-bond acceptors (Lipinski definition) is 5. The molecule has 30 heavy (non-hydrogen) atoms. The number of benzene rings is 2. The first-order chi connectivity index (χ1) is 14.5. The Morgan fingerprint density at radius 1 is 1.03 bits per heavy atom. The molecule has 158 valence electrons. The van der Waals surface area contributed by atoms with Crippen LogP contribution in [0.4, 0.5) is 4.39 Å². The average molecular weight is 413 g/mol. The molecule has 0 aromatic heterocycles. The lowest BCUT2D eigenvalue weighted by Gasteiger charge is -2.15. The molecule has 2 aromatic carbocycles. The number of rotatable bonds is 8. The van der Waals surface area contributed by atoms with E-state index in [1.54, 1.807) is 37.3 Å². The highest BCUT2D eigenvalue weighted by Crippen LogP contribution is 2.15.